The van der Waals surface area contributed by atoms with E-state index in [1.165, 1.54) is 9.13 Å². The van der Waals surface area contributed by atoms with E-state index in [-0.39, 0.29) is 18.0 Å². The van der Waals surface area contributed by atoms with Gasteiger partial charge in [-0.3, -0.25) is 9.69 Å². The van der Waals surface area contributed by atoms with Crippen LogP contribution < -0.4 is 11.1 Å². The van der Waals surface area contributed by atoms with Gasteiger partial charge in [0.25, 0.3) is 0 Å². The van der Waals surface area contributed by atoms with Crippen molar-refractivity contribution in [3.8, 4) is 0 Å². The summed E-state index contributed by atoms with van der Waals surface area (Å²) < 4.78 is 1.22. The van der Waals surface area contributed by atoms with Crippen LogP contribution in [0.3, 0.4) is 0 Å². The van der Waals surface area contributed by atoms with Crippen LogP contribution in [0, 0.1) is 3.57 Å². The number of rotatable bonds is 3. The molecule has 2 rings (SSSR count). The average Bonchev–Trinajstić information content (AvgIpc) is 2.39. The molecule has 3 N–H and O–H groups in total. The first-order valence-electron chi connectivity index (χ1n) is 6.11. The Morgan fingerprint density at radius 1 is 1.50 bits per heavy atom. The molecule has 0 saturated carbocycles. The molecule has 4 nitrogen and oxygen atoms in total. The highest BCUT2D eigenvalue weighted by atomic mass is 127. The van der Waals surface area contributed by atoms with Gasteiger partial charge in [-0.15, -0.1) is 0 Å². The lowest BCUT2D eigenvalue weighted by Crippen LogP contribution is -2.57. The molecule has 1 amide bonds. The minimum atomic E-state index is -0.250. The molecule has 5 heteroatoms. The number of benzene rings is 1. The quantitative estimate of drug-likeness (QED) is 0.795. The lowest BCUT2D eigenvalue weighted by Gasteiger charge is -2.38. The average molecular weight is 359 g/mol. The molecule has 0 spiro atoms. The molecule has 0 aromatic heterocycles. The van der Waals surface area contributed by atoms with Gasteiger partial charge in [0.2, 0.25) is 5.91 Å². The predicted molar refractivity (Wildman–Crippen MR) is 80.1 cm³/mol. The Morgan fingerprint density at radius 3 is 2.78 bits per heavy atom. The normalized spacial score (nSPS) is 22.7. The molecule has 1 heterocycles. The highest BCUT2D eigenvalue weighted by Gasteiger charge is 2.30. The fourth-order valence-corrected chi connectivity index (χ4v) is 2.74. The molecule has 1 aliphatic rings. The largest absolute Gasteiger partial charge is 0.368 e. The number of carbonyl (C=O) groups is 1. The van der Waals surface area contributed by atoms with Gasteiger partial charge in [0.05, 0.1) is 0 Å². The van der Waals surface area contributed by atoms with Gasteiger partial charge in [0.15, 0.2) is 0 Å². The van der Waals surface area contributed by atoms with Crippen molar-refractivity contribution in [3.63, 3.8) is 0 Å². The molecule has 2 unspecified atom stereocenters. The van der Waals surface area contributed by atoms with Gasteiger partial charge in [0, 0.05) is 29.2 Å². The van der Waals surface area contributed by atoms with Crippen molar-refractivity contribution < 1.29 is 4.79 Å². The van der Waals surface area contributed by atoms with E-state index in [0.717, 1.165) is 13.1 Å². The molecular formula is C13H18IN3O. The van der Waals surface area contributed by atoms with Crippen LogP contribution in [0.2, 0.25) is 0 Å². The van der Waals surface area contributed by atoms with Gasteiger partial charge >= 0.3 is 0 Å². The van der Waals surface area contributed by atoms with Crippen LogP contribution in [0.25, 0.3) is 0 Å². The Balaban J connectivity index is 2.17. The number of nitrogens with one attached hydrogen (secondary N) is 1. The minimum Gasteiger partial charge on any atom is -0.368 e. The summed E-state index contributed by atoms with van der Waals surface area (Å²) in [5, 5.41) is 3.22. The molecule has 1 aromatic rings. The van der Waals surface area contributed by atoms with E-state index < -0.39 is 0 Å². The zero-order chi connectivity index (χ0) is 13.1. The summed E-state index contributed by atoms with van der Waals surface area (Å²) in [6.45, 7) is 4.52. The first-order chi connectivity index (χ1) is 8.59. The van der Waals surface area contributed by atoms with Gasteiger partial charge in [-0.1, -0.05) is 12.1 Å². The number of primary amides is 1. The topological polar surface area (TPSA) is 58.4 Å². The molecule has 0 radical (unpaired) electrons. The number of halogens is 1. The second-order valence-corrected chi connectivity index (χ2v) is 5.83. The third kappa shape index (κ3) is 3.02. The van der Waals surface area contributed by atoms with Gasteiger partial charge in [-0.25, -0.2) is 0 Å². The van der Waals surface area contributed by atoms with Crippen molar-refractivity contribution in [2.45, 2.75) is 19.0 Å². The number of nitrogens with two attached hydrogens (primary N) is 1. The maximum Gasteiger partial charge on any atom is 0.236 e. The molecule has 1 saturated heterocycles. The fourth-order valence-electron chi connectivity index (χ4n) is 2.38. The first-order valence-corrected chi connectivity index (χ1v) is 7.18. The third-order valence-electron chi connectivity index (χ3n) is 3.46. The fraction of sp³-hybridized carbons (Fsp3) is 0.462. The monoisotopic (exact) mass is 359 g/mol. The Morgan fingerprint density at radius 2 is 2.17 bits per heavy atom. The van der Waals surface area contributed by atoms with Crippen LogP contribution in [0.5, 0.6) is 0 Å². The number of hydrogen-bond acceptors (Lipinski definition) is 3. The molecule has 1 fully saturated rings. The second-order valence-electron chi connectivity index (χ2n) is 4.59. The summed E-state index contributed by atoms with van der Waals surface area (Å²) in [6, 6.07) is 8.41. The Hall–Kier alpha value is -0.660. The molecule has 0 bridgehead atoms. The van der Waals surface area contributed by atoms with Gasteiger partial charge in [-0.2, -0.15) is 0 Å². The van der Waals surface area contributed by atoms with Crippen LogP contribution in [0.4, 0.5) is 0 Å². The summed E-state index contributed by atoms with van der Waals surface area (Å²) in [7, 11) is 0. The van der Waals surface area contributed by atoms with E-state index in [0.29, 0.717) is 6.54 Å². The predicted octanol–water partition coefficient (Wildman–Crippen LogP) is 1.11. The number of hydrogen-bond donors (Lipinski definition) is 2. The Kier molecular flexibility index (Phi) is 4.58. The number of amides is 1. The van der Waals surface area contributed by atoms with Crippen LogP contribution in [0.1, 0.15) is 18.5 Å². The van der Waals surface area contributed by atoms with E-state index in [2.05, 4.69) is 64.0 Å². The van der Waals surface area contributed by atoms with Gasteiger partial charge in [0.1, 0.15) is 6.04 Å². The van der Waals surface area contributed by atoms with Crippen LogP contribution in [0.15, 0.2) is 24.3 Å². The molecule has 18 heavy (non-hydrogen) atoms. The third-order valence-corrected chi connectivity index (χ3v) is 4.18. The van der Waals surface area contributed by atoms with Gasteiger partial charge in [-0.05, 0) is 47.2 Å². The van der Waals surface area contributed by atoms with Crippen LogP contribution in [-0.4, -0.2) is 36.5 Å². The van der Waals surface area contributed by atoms with Crippen LogP contribution >= 0.6 is 22.6 Å². The molecular weight excluding hydrogens is 341 g/mol. The highest BCUT2D eigenvalue weighted by molar-refractivity contribution is 14.1. The second kappa shape index (κ2) is 5.99. The molecule has 1 aromatic carbocycles. The van der Waals surface area contributed by atoms with Crippen LogP contribution in [-0.2, 0) is 4.79 Å². The lowest BCUT2D eigenvalue weighted by molar-refractivity contribution is -0.124. The number of nitrogens with zero attached hydrogens (tertiary/aromatic N) is 1. The van der Waals surface area contributed by atoms with E-state index in [9.17, 15) is 4.79 Å². The van der Waals surface area contributed by atoms with E-state index >= 15 is 0 Å². The van der Waals surface area contributed by atoms with Crippen molar-refractivity contribution >= 4 is 28.5 Å². The summed E-state index contributed by atoms with van der Waals surface area (Å²) in [5.74, 6) is -0.250. The number of piperazine rings is 1. The summed E-state index contributed by atoms with van der Waals surface area (Å²) in [5.41, 5.74) is 6.70. The maximum atomic E-state index is 11.5. The first kappa shape index (κ1) is 13.8. The zero-order valence-electron chi connectivity index (χ0n) is 10.4. The lowest BCUT2D eigenvalue weighted by atomic mass is 10.0. The Labute approximate surface area is 121 Å². The van der Waals surface area contributed by atoms with Gasteiger partial charge < -0.3 is 11.1 Å². The number of carbonyl (C=O) groups excluding carboxylic acids is 1. The standard InChI is InChI=1S/C13H18IN3O/c1-9(10-2-4-11(14)5-3-10)17-7-6-16-8-12(17)13(15)18/h2-5,9,12,16H,6-8H2,1H3,(H2,15,18). The maximum absolute atomic E-state index is 11.5. The SMILES string of the molecule is CC(c1ccc(I)cc1)N1CCNCC1C(N)=O. The summed E-state index contributed by atoms with van der Waals surface area (Å²) in [6.07, 6.45) is 0. The molecule has 2 atom stereocenters. The smallest absolute Gasteiger partial charge is 0.236 e. The van der Waals surface area contributed by atoms with Crippen molar-refractivity contribution in [1.82, 2.24) is 10.2 Å². The van der Waals surface area contributed by atoms with E-state index in [4.69, 9.17) is 5.73 Å². The molecule has 98 valence electrons. The molecule has 1 aliphatic heterocycles. The zero-order valence-corrected chi connectivity index (χ0v) is 12.6. The van der Waals surface area contributed by atoms with Crippen molar-refractivity contribution in [1.29, 1.82) is 0 Å². The summed E-state index contributed by atoms with van der Waals surface area (Å²) in [4.78, 5) is 13.7. The summed E-state index contributed by atoms with van der Waals surface area (Å²) >= 11 is 2.29. The highest BCUT2D eigenvalue weighted by Crippen LogP contribution is 2.23. The van der Waals surface area contributed by atoms with Crippen molar-refractivity contribution in [2.24, 2.45) is 5.73 Å². The van der Waals surface area contributed by atoms with Crippen molar-refractivity contribution in [3.05, 3.63) is 33.4 Å². The van der Waals surface area contributed by atoms with E-state index in [1.54, 1.807) is 0 Å². The van der Waals surface area contributed by atoms with E-state index in [1.807, 2.05) is 0 Å². The molecule has 0 aliphatic carbocycles. The minimum absolute atomic E-state index is 0.210. The van der Waals surface area contributed by atoms with Crippen molar-refractivity contribution in [2.75, 3.05) is 19.6 Å². The Bertz CT molecular complexity index is 421.